The number of nitrogens with zero attached hydrogens (tertiary/aromatic N) is 2. The highest BCUT2D eigenvalue weighted by Gasteiger charge is 2.13. The van der Waals surface area contributed by atoms with Crippen LogP contribution in [0.4, 0.5) is 0 Å². The fourth-order valence-electron chi connectivity index (χ4n) is 1.44. The molecular weight excluding hydrogens is 260 g/mol. The van der Waals surface area contributed by atoms with Gasteiger partial charge in [0.05, 0.1) is 13.3 Å². The number of Topliss-reactive ketones (excluding diaryl/α,β-unsaturated/α-hetero) is 1. The lowest BCUT2D eigenvalue weighted by Crippen LogP contribution is -2.03. The Morgan fingerprint density at radius 2 is 2.35 bits per heavy atom. The smallest absolute Gasteiger partial charge is 0.180 e. The average molecular weight is 269 g/mol. The van der Waals surface area contributed by atoms with Crippen LogP contribution >= 0.6 is 23.1 Å². The van der Waals surface area contributed by atoms with Crippen LogP contribution in [-0.2, 0) is 6.42 Å². The van der Waals surface area contributed by atoms with Gasteiger partial charge in [-0.15, -0.1) is 5.10 Å². The summed E-state index contributed by atoms with van der Waals surface area (Å²) in [5, 5.41) is 4.22. The summed E-state index contributed by atoms with van der Waals surface area (Å²) in [6, 6.07) is 5.20. The van der Waals surface area contributed by atoms with Gasteiger partial charge in [0.15, 0.2) is 5.78 Å². The molecule has 0 aliphatic rings. The van der Waals surface area contributed by atoms with Crippen molar-refractivity contribution in [3.05, 3.63) is 39.9 Å². The van der Waals surface area contributed by atoms with Gasteiger partial charge in [0.1, 0.15) is 10.6 Å². The molecule has 0 aliphatic heterocycles. The minimum atomic E-state index is -0.0411. The van der Waals surface area contributed by atoms with Gasteiger partial charge in [-0.25, -0.2) is 0 Å². The van der Waals surface area contributed by atoms with Crippen molar-refractivity contribution in [3.63, 3.8) is 0 Å². The highest BCUT2D eigenvalue weighted by Crippen LogP contribution is 2.24. The van der Waals surface area contributed by atoms with E-state index in [1.54, 1.807) is 25.3 Å². The molecule has 88 valence electrons. The van der Waals surface area contributed by atoms with Crippen molar-refractivity contribution in [2.75, 3.05) is 7.11 Å². The molecule has 0 spiro atoms. The minimum absolute atomic E-state index is 0.0411. The van der Waals surface area contributed by atoms with Crippen molar-refractivity contribution in [3.8, 4) is 5.75 Å². The topological polar surface area (TPSA) is 52.1 Å². The van der Waals surface area contributed by atoms with Crippen molar-refractivity contribution in [1.82, 2.24) is 9.59 Å². The number of aromatic nitrogens is 2. The molecule has 0 fully saturated rings. The lowest BCUT2D eigenvalue weighted by atomic mass is 10.1. The Morgan fingerprint density at radius 1 is 1.53 bits per heavy atom. The van der Waals surface area contributed by atoms with Gasteiger partial charge in [-0.05, 0) is 29.7 Å². The fraction of sp³-hybridized carbons (Fsp3) is 0.182. The predicted octanol–water partition coefficient (Wildman–Crippen LogP) is 2.63. The molecule has 0 amide bonds. The zero-order chi connectivity index (χ0) is 12.3. The number of halogens is 1. The molecule has 2 rings (SSSR count). The highest BCUT2D eigenvalue weighted by atomic mass is 35.5. The summed E-state index contributed by atoms with van der Waals surface area (Å²) in [7, 11) is 1.56. The molecule has 0 unspecified atom stereocenters. The van der Waals surface area contributed by atoms with Gasteiger partial charge in [0, 0.05) is 17.0 Å². The normalized spacial score (nSPS) is 10.2. The first-order valence-electron chi connectivity index (χ1n) is 4.83. The van der Waals surface area contributed by atoms with Crippen LogP contribution in [-0.4, -0.2) is 22.5 Å². The van der Waals surface area contributed by atoms with Crippen molar-refractivity contribution in [2.24, 2.45) is 0 Å². The molecule has 1 aromatic heterocycles. The average Bonchev–Trinajstić information content (AvgIpc) is 2.83. The van der Waals surface area contributed by atoms with E-state index in [-0.39, 0.29) is 12.2 Å². The van der Waals surface area contributed by atoms with Gasteiger partial charge < -0.3 is 4.74 Å². The van der Waals surface area contributed by atoms with Crippen molar-refractivity contribution in [2.45, 2.75) is 6.42 Å². The van der Waals surface area contributed by atoms with E-state index in [1.165, 1.54) is 6.20 Å². The maximum absolute atomic E-state index is 11.9. The fourth-order valence-corrected chi connectivity index (χ4v) is 2.08. The zero-order valence-corrected chi connectivity index (χ0v) is 10.6. The summed E-state index contributed by atoms with van der Waals surface area (Å²) in [6.45, 7) is 0. The zero-order valence-electron chi connectivity index (χ0n) is 9.01. The number of rotatable bonds is 4. The van der Waals surface area contributed by atoms with E-state index in [0.29, 0.717) is 15.6 Å². The van der Waals surface area contributed by atoms with Crippen LogP contribution in [0.2, 0.25) is 5.02 Å². The summed E-state index contributed by atoms with van der Waals surface area (Å²) < 4.78 is 8.84. The third-order valence-electron chi connectivity index (χ3n) is 2.23. The summed E-state index contributed by atoms with van der Waals surface area (Å²) in [4.78, 5) is 12.4. The molecule has 6 heteroatoms. The minimum Gasteiger partial charge on any atom is -0.496 e. The molecule has 1 aromatic carbocycles. The number of ketones is 1. The van der Waals surface area contributed by atoms with Crippen LogP contribution in [0, 0.1) is 0 Å². The van der Waals surface area contributed by atoms with Gasteiger partial charge >= 0.3 is 0 Å². The molecule has 0 N–H and O–H groups in total. The first-order valence-corrected chi connectivity index (χ1v) is 5.99. The van der Waals surface area contributed by atoms with Crippen LogP contribution in [0.15, 0.2) is 24.4 Å². The van der Waals surface area contributed by atoms with E-state index in [2.05, 4.69) is 9.59 Å². The third-order valence-corrected chi connectivity index (χ3v) is 3.17. The Labute approximate surface area is 107 Å². The van der Waals surface area contributed by atoms with Gasteiger partial charge in [-0.3, -0.25) is 4.79 Å². The molecule has 0 bridgehead atoms. The summed E-state index contributed by atoms with van der Waals surface area (Å²) >= 11 is 6.98. The lowest BCUT2D eigenvalue weighted by Gasteiger charge is -2.07. The number of ether oxygens (including phenoxy) is 1. The molecule has 1 heterocycles. The van der Waals surface area contributed by atoms with Gasteiger partial charge in [-0.2, -0.15) is 0 Å². The molecule has 4 nitrogen and oxygen atoms in total. The Balaban J connectivity index is 2.23. The van der Waals surface area contributed by atoms with Crippen LogP contribution < -0.4 is 4.74 Å². The van der Waals surface area contributed by atoms with E-state index in [9.17, 15) is 4.79 Å². The van der Waals surface area contributed by atoms with E-state index >= 15 is 0 Å². The number of carbonyl (C=O) groups is 1. The van der Waals surface area contributed by atoms with E-state index < -0.39 is 0 Å². The largest absolute Gasteiger partial charge is 0.496 e. The molecule has 0 aliphatic carbocycles. The van der Waals surface area contributed by atoms with Crippen molar-refractivity contribution in [1.29, 1.82) is 0 Å². The monoisotopic (exact) mass is 268 g/mol. The second-order valence-electron chi connectivity index (χ2n) is 3.34. The van der Waals surface area contributed by atoms with E-state index in [1.807, 2.05) is 0 Å². The molecule has 0 saturated carbocycles. The molecule has 0 saturated heterocycles. The number of hydrogen-bond donors (Lipinski definition) is 0. The van der Waals surface area contributed by atoms with Crippen molar-refractivity contribution >= 4 is 28.9 Å². The first kappa shape index (κ1) is 12.0. The van der Waals surface area contributed by atoms with Crippen LogP contribution in [0.25, 0.3) is 0 Å². The Hall–Kier alpha value is -1.46. The standard InChI is InChI=1S/C11H9ClN2O2S/c1-16-10-3-2-8(12)4-7(10)5-9(15)11-6-13-14-17-11/h2-4,6H,5H2,1H3. The molecule has 17 heavy (non-hydrogen) atoms. The lowest BCUT2D eigenvalue weighted by molar-refractivity contribution is 0.0996. The third kappa shape index (κ3) is 2.81. The highest BCUT2D eigenvalue weighted by molar-refractivity contribution is 7.07. The summed E-state index contributed by atoms with van der Waals surface area (Å²) in [5.74, 6) is 0.612. The van der Waals surface area contributed by atoms with Gasteiger partial charge in [0.25, 0.3) is 0 Å². The van der Waals surface area contributed by atoms with E-state index in [0.717, 1.165) is 17.1 Å². The number of benzene rings is 1. The number of hydrogen-bond acceptors (Lipinski definition) is 5. The van der Waals surface area contributed by atoms with Crippen LogP contribution in [0.3, 0.4) is 0 Å². The van der Waals surface area contributed by atoms with E-state index in [4.69, 9.17) is 16.3 Å². The molecule has 0 atom stereocenters. The first-order chi connectivity index (χ1) is 8.20. The predicted molar refractivity (Wildman–Crippen MR) is 65.9 cm³/mol. The summed E-state index contributed by atoms with van der Waals surface area (Å²) in [6.07, 6.45) is 1.69. The number of methoxy groups -OCH3 is 1. The second kappa shape index (κ2) is 5.25. The Bertz CT molecular complexity index is 528. The Morgan fingerprint density at radius 3 is 3.00 bits per heavy atom. The second-order valence-corrected chi connectivity index (χ2v) is 4.56. The Kier molecular flexibility index (Phi) is 3.71. The van der Waals surface area contributed by atoms with Crippen molar-refractivity contribution < 1.29 is 9.53 Å². The van der Waals surface area contributed by atoms with Gasteiger partial charge in [-0.1, -0.05) is 16.1 Å². The maximum atomic E-state index is 11.9. The summed E-state index contributed by atoms with van der Waals surface area (Å²) in [5.41, 5.74) is 0.762. The molecule has 2 aromatic rings. The van der Waals surface area contributed by atoms with Crippen LogP contribution in [0.1, 0.15) is 15.2 Å². The molecule has 0 radical (unpaired) electrons. The number of carbonyl (C=O) groups excluding carboxylic acids is 1. The molecular formula is C11H9ClN2O2S. The SMILES string of the molecule is COc1ccc(Cl)cc1CC(=O)c1cnns1. The van der Waals surface area contributed by atoms with Gasteiger partial charge in [0.2, 0.25) is 0 Å². The van der Waals surface area contributed by atoms with Crippen LogP contribution in [0.5, 0.6) is 5.75 Å². The maximum Gasteiger partial charge on any atom is 0.180 e. The quantitative estimate of drug-likeness (QED) is 0.800.